The predicted octanol–water partition coefficient (Wildman–Crippen LogP) is 3.34. The van der Waals surface area contributed by atoms with Crippen LogP contribution in [0.25, 0.3) is 10.9 Å². The van der Waals surface area contributed by atoms with Gasteiger partial charge < -0.3 is 0 Å². The molecule has 2 rings (SSSR count). The minimum absolute atomic E-state index is 0.315. The van der Waals surface area contributed by atoms with E-state index >= 15 is 0 Å². The summed E-state index contributed by atoms with van der Waals surface area (Å²) < 4.78 is 13.3. The third-order valence-corrected chi connectivity index (χ3v) is 2.07. The summed E-state index contributed by atoms with van der Waals surface area (Å²) in [5, 5.41) is 1.09. The van der Waals surface area contributed by atoms with Crippen LogP contribution in [0.1, 0.15) is 5.56 Å². The first-order chi connectivity index (χ1) is 6.16. The van der Waals surface area contributed by atoms with Gasteiger partial charge in [-0.25, -0.2) is 9.37 Å². The molecule has 1 aromatic heterocycles. The molecule has 0 atom stereocenters. The average molecular weight is 196 g/mol. The number of hydrogen-bond acceptors (Lipinski definition) is 1. The highest BCUT2D eigenvalue weighted by Gasteiger charge is 2.03. The van der Waals surface area contributed by atoms with Crippen LogP contribution in [0.3, 0.4) is 0 Å². The van der Waals surface area contributed by atoms with Crippen molar-refractivity contribution in [3.05, 3.63) is 40.8 Å². The molecule has 0 aliphatic heterocycles. The maximum absolute atomic E-state index is 13.3. The minimum atomic E-state index is -0.322. The Hall–Kier alpha value is -1.15. The fourth-order valence-electron chi connectivity index (χ4n) is 1.31. The number of benzene rings is 1. The second-order valence-corrected chi connectivity index (χ2v) is 3.34. The van der Waals surface area contributed by atoms with E-state index in [0.29, 0.717) is 10.7 Å². The first kappa shape index (κ1) is 8.45. The second-order valence-electron chi connectivity index (χ2n) is 2.95. The van der Waals surface area contributed by atoms with Crippen molar-refractivity contribution < 1.29 is 4.39 Å². The highest BCUT2D eigenvalue weighted by atomic mass is 35.5. The summed E-state index contributed by atoms with van der Waals surface area (Å²) >= 11 is 5.65. The molecule has 1 nitrogen and oxygen atoms in total. The molecule has 0 fully saturated rings. The van der Waals surface area contributed by atoms with Gasteiger partial charge in [0.1, 0.15) is 16.5 Å². The van der Waals surface area contributed by atoms with Crippen molar-refractivity contribution in [1.29, 1.82) is 0 Å². The van der Waals surface area contributed by atoms with E-state index < -0.39 is 0 Å². The number of aromatic nitrogens is 1. The third kappa shape index (κ3) is 1.49. The summed E-state index contributed by atoms with van der Waals surface area (Å²) in [5.74, 6) is -0.322. The van der Waals surface area contributed by atoms with Gasteiger partial charge in [-0.1, -0.05) is 11.6 Å². The average Bonchev–Trinajstić information content (AvgIpc) is 2.06. The van der Waals surface area contributed by atoms with E-state index in [0.717, 1.165) is 10.9 Å². The van der Waals surface area contributed by atoms with Crippen LogP contribution in [-0.4, -0.2) is 4.98 Å². The topological polar surface area (TPSA) is 12.9 Å². The van der Waals surface area contributed by atoms with Gasteiger partial charge in [0.15, 0.2) is 0 Å². The Morgan fingerprint density at radius 1 is 1.31 bits per heavy atom. The van der Waals surface area contributed by atoms with E-state index in [1.165, 1.54) is 6.07 Å². The Morgan fingerprint density at radius 2 is 2.08 bits per heavy atom. The van der Waals surface area contributed by atoms with Gasteiger partial charge in [0.2, 0.25) is 0 Å². The van der Waals surface area contributed by atoms with Gasteiger partial charge in [-0.15, -0.1) is 0 Å². The van der Waals surface area contributed by atoms with Crippen LogP contribution < -0.4 is 0 Å². The van der Waals surface area contributed by atoms with Crippen LogP contribution in [0.5, 0.6) is 0 Å². The van der Waals surface area contributed by atoms with Gasteiger partial charge >= 0.3 is 0 Å². The van der Waals surface area contributed by atoms with Crippen LogP contribution in [0.2, 0.25) is 5.15 Å². The minimum Gasteiger partial charge on any atom is -0.233 e. The van der Waals surface area contributed by atoms with Crippen molar-refractivity contribution >= 4 is 22.5 Å². The summed E-state index contributed by atoms with van der Waals surface area (Å²) in [5.41, 5.74) is 1.22. The third-order valence-electron chi connectivity index (χ3n) is 1.86. The Morgan fingerprint density at radius 3 is 2.85 bits per heavy atom. The number of rotatable bonds is 0. The van der Waals surface area contributed by atoms with E-state index in [2.05, 4.69) is 4.98 Å². The molecule has 1 heterocycles. The monoisotopic (exact) mass is 195 g/mol. The Bertz CT molecular complexity index is 468. The molecule has 1 aromatic carbocycles. The lowest BCUT2D eigenvalue weighted by Gasteiger charge is -2.00. The molecular formula is C10H7ClFN. The summed E-state index contributed by atoms with van der Waals surface area (Å²) in [6, 6.07) is 6.75. The lowest BCUT2D eigenvalue weighted by Crippen LogP contribution is -1.86. The van der Waals surface area contributed by atoms with Gasteiger partial charge in [-0.3, -0.25) is 0 Å². The van der Waals surface area contributed by atoms with E-state index in [1.807, 2.05) is 13.0 Å². The van der Waals surface area contributed by atoms with Crippen LogP contribution in [0, 0.1) is 12.7 Å². The molecule has 3 heteroatoms. The van der Waals surface area contributed by atoms with Gasteiger partial charge in [0.05, 0.1) is 0 Å². The Labute approximate surface area is 80.2 Å². The summed E-state index contributed by atoms with van der Waals surface area (Å²) in [6.07, 6.45) is 0. The lowest BCUT2D eigenvalue weighted by atomic mass is 10.1. The molecule has 0 saturated heterocycles. The molecule has 0 saturated carbocycles. The first-order valence-electron chi connectivity index (χ1n) is 3.89. The summed E-state index contributed by atoms with van der Waals surface area (Å²) in [6.45, 7) is 1.84. The first-order valence-corrected chi connectivity index (χ1v) is 4.27. The quantitative estimate of drug-likeness (QED) is 0.588. The van der Waals surface area contributed by atoms with Crippen molar-refractivity contribution in [2.45, 2.75) is 6.92 Å². The molecule has 13 heavy (non-hydrogen) atoms. The van der Waals surface area contributed by atoms with E-state index in [9.17, 15) is 4.39 Å². The predicted molar refractivity (Wildman–Crippen MR) is 51.4 cm³/mol. The zero-order valence-electron chi connectivity index (χ0n) is 7.01. The number of aryl methyl sites for hydroxylation is 1. The van der Waals surface area contributed by atoms with Crippen molar-refractivity contribution in [1.82, 2.24) is 4.98 Å². The molecule has 2 aromatic rings. The molecule has 0 aliphatic carbocycles. The van der Waals surface area contributed by atoms with Gasteiger partial charge in [-0.05, 0) is 36.8 Å². The molecule has 0 radical (unpaired) electrons. The standard InChI is InChI=1S/C10H7ClFN/c1-6-4-7-2-3-9(11)13-10(7)8(12)5-6/h2-5H,1H3. The van der Waals surface area contributed by atoms with Crippen LogP contribution in [0.15, 0.2) is 24.3 Å². The highest BCUT2D eigenvalue weighted by Crippen LogP contribution is 2.19. The van der Waals surface area contributed by atoms with Crippen molar-refractivity contribution in [3.63, 3.8) is 0 Å². The van der Waals surface area contributed by atoms with E-state index in [-0.39, 0.29) is 5.82 Å². The molecule has 0 bridgehead atoms. The smallest absolute Gasteiger partial charge is 0.149 e. The number of halogens is 2. The zero-order valence-corrected chi connectivity index (χ0v) is 7.77. The van der Waals surface area contributed by atoms with Crippen LogP contribution >= 0.6 is 11.6 Å². The lowest BCUT2D eigenvalue weighted by molar-refractivity contribution is 0.635. The van der Waals surface area contributed by atoms with Gasteiger partial charge in [0, 0.05) is 5.39 Å². The van der Waals surface area contributed by atoms with Crippen molar-refractivity contribution in [2.75, 3.05) is 0 Å². The van der Waals surface area contributed by atoms with Crippen molar-refractivity contribution in [2.24, 2.45) is 0 Å². The maximum atomic E-state index is 13.3. The number of hydrogen-bond donors (Lipinski definition) is 0. The number of fused-ring (bicyclic) bond motifs is 1. The fourth-order valence-corrected chi connectivity index (χ4v) is 1.46. The zero-order chi connectivity index (χ0) is 9.42. The van der Waals surface area contributed by atoms with E-state index in [4.69, 9.17) is 11.6 Å². The SMILES string of the molecule is Cc1cc(F)c2nc(Cl)ccc2c1. The Balaban J connectivity index is 2.87. The van der Waals surface area contributed by atoms with E-state index in [1.54, 1.807) is 12.1 Å². The molecule has 0 amide bonds. The number of nitrogens with zero attached hydrogens (tertiary/aromatic N) is 1. The van der Waals surface area contributed by atoms with Crippen LogP contribution in [-0.2, 0) is 0 Å². The highest BCUT2D eigenvalue weighted by molar-refractivity contribution is 6.29. The molecular weight excluding hydrogens is 189 g/mol. The Kier molecular flexibility index (Phi) is 1.93. The van der Waals surface area contributed by atoms with Crippen LogP contribution in [0.4, 0.5) is 4.39 Å². The number of pyridine rings is 1. The molecule has 0 unspecified atom stereocenters. The molecule has 0 aliphatic rings. The maximum Gasteiger partial charge on any atom is 0.149 e. The second kappa shape index (κ2) is 2.96. The van der Waals surface area contributed by atoms with Crippen molar-refractivity contribution in [3.8, 4) is 0 Å². The van der Waals surface area contributed by atoms with Gasteiger partial charge in [0.25, 0.3) is 0 Å². The fraction of sp³-hybridized carbons (Fsp3) is 0.100. The molecule has 66 valence electrons. The summed E-state index contributed by atoms with van der Waals surface area (Å²) in [4.78, 5) is 3.91. The normalized spacial score (nSPS) is 10.7. The summed E-state index contributed by atoms with van der Waals surface area (Å²) in [7, 11) is 0. The molecule has 0 N–H and O–H groups in total. The molecule has 0 spiro atoms. The van der Waals surface area contributed by atoms with Gasteiger partial charge in [-0.2, -0.15) is 0 Å². The largest absolute Gasteiger partial charge is 0.233 e.